The van der Waals surface area contributed by atoms with E-state index < -0.39 is 11.7 Å². The predicted octanol–water partition coefficient (Wildman–Crippen LogP) is 3.76. The number of fused-ring (bicyclic) bond motifs is 1. The van der Waals surface area contributed by atoms with E-state index in [1.165, 1.54) is 12.1 Å². The summed E-state index contributed by atoms with van der Waals surface area (Å²) in [7, 11) is 0. The van der Waals surface area contributed by atoms with Gasteiger partial charge in [-0.25, -0.2) is 4.79 Å². The molecule has 2 aromatic carbocycles. The van der Waals surface area contributed by atoms with Crippen molar-refractivity contribution in [1.82, 2.24) is 10.6 Å². The molecule has 138 valence electrons. The summed E-state index contributed by atoms with van der Waals surface area (Å²) in [6, 6.07) is 12.2. The van der Waals surface area contributed by atoms with Crippen LogP contribution < -0.4 is 15.4 Å². The number of hydrogen-bond acceptors (Lipinski definition) is 2. The van der Waals surface area contributed by atoms with Gasteiger partial charge in [-0.15, -0.1) is 0 Å². The van der Waals surface area contributed by atoms with E-state index in [1.54, 1.807) is 0 Å². The van der Waals surface area contributed by atoms with Gasteiger partial charge in [0, 0.05) is 19.0 Å². The number of rotatable bonds is 4. The van der Waals surface area contributed by atoms with Gasteiger partial charge in [-0.3, -0.25) is 0 Å². The maximum atomic E-state index is 12.5. The molecule has 7 heteroatoms. The van der Waals surface area contributed by atoms with Crippen LogP contribution in [0.1, 0.15) is 16.7 Å². The zero-order valence-electron chi connectivity index (χ0n) is 14.0. The summed E-state index contributed by atoms with van der Waals surface area (Å²) >= 11 is 0. The lowest BCUT2D eigenvalue weighted by Gasteiger charge is -2.25. The molecule has 0 aromatic heterocycles. The number of para-hydroxylation sites is 1. The van der Waals surface area contributed by atoms with Crippen LogP contribution >= 0.6 is 0 Å². The average Bonchev–Trinajstić information content (AvgIpc) is 2.64. The van der Waals surface area contributed by atoms with Crippen molar-refractivity contribution in [2.45, 2.75) is 19.1 Å². The second-order valence-corrected chi connectivity index (χ2v) is 6.25. The van der Waals surface area contributed by atoms with E-state index in [1.807, 2.05) is 24.3 Å². The first-order valence-corrected chi connectivity index (χ1v) is 8.30. The molecule has 3 rings (SSSR count). The lowest BCUT2D eigenvalue weighted by Crippen LogP contribution is -2.40. The van der Waals surface area contributed by atoms with Crippen molar-refractivity contribution in [2.75, 3.05) is 13.2 Å². The lowest BCUT2D eigenvalue weighted by atomic mass is 9.97. The molecule has 1 aliphatic rings. The van der Waals surface area contributed by atoms with Crippen LogP contribution in [0.4, 0.5) is 18.0 Å². The van der Waals surface area contributed by atoms with Crippen LogP contribution in [0, 0.1) is 5.92 Å². The smallest absolute Gasteiger partial charge is 0.416 e. The molecule has 0 bridgehead atoms. The maximum Gasteiger partial charge on any atom is 0.416 e. The van der Waals surface area contributed by atoms with E-state index >= 15 is 0 Å². The molecule has 4 nitrogen and oxygen atoms in total. The number of alkyl halides is 3. The van der Waals surface area contributed by atoms with Crippen molar-refractivity contribution in [3.63, 3.8) is 0 Å². The van der Waals surface area contributed by atoms with Gasteiger partial charge in [0.25, 0.3) is 0 Å². The van der Waals surface area contributed by atoms with Crippen LogP contribution in [0.25, 0.3) is 0 Å². The Morgan fingerprint density at radius 2 is 1.81 bits per heavy atom. The third kappa shape index (κ3) is 4.68. The minimum atomic E-state index is -4.36. The number of carbonyl (C=O) groups is 1. The highest BCUT2D eigenvalue weighted by Crippen LogP contribution is 2.29. The molecular weight excluding hydrogens is 345 g/mol. The lowest BCUT2D eigenvalue weighted by molar-refractivity contribution is -0.137. The Kier molecular flexibility index (Phi) is 5.35. The van der Waals surface area contributed by atoms with Gasteiger partial charge < -0.3 is 15.4 Å². The number of amides is 2. The number of halogens is 3. The van der Waals surface area contributed by atoms with Gasteiger partial charge in [0.2, 0.25) is 0 Å². The van der Waals surface area contributed by atoms with Gasteiger partial charge in [-0.2, -0.15) is 13.2 Å². The summed E-state index contributed by atoms with van der Waals surface area (Å²) in [6.07, 6.45) is -3.53. The van der Waals surface area contributed by atoms with Crippen LogP contribution in [0.3, 0.4) is 0 Å². The molecule has 0 fully saturated rings. The van der Waals surface area contributed by atoms with E-state index in [4.69, 9.17) is 4.74 Å². The fourth-order valence-corrected chi connectivity index (χ4v) is 2.82. The average molecular weight is 364 g/mol. The number of hydrogen-bond donors (Lipinski definition) is 2. The van der Waals surface area contributed by atoms with E-state index in [9.17, 15) is 18.0 Å². The molecule has 0 saturated carbocycles. The molecule has 2 amide bonds. The monoisotopic (exact) mass is 364 g/mol. The third-order valence-corrected chi connectivity index (χ3v) is 4.24. The van der Waals surface area contributed by atoms with Crippen molar-refractivity contribution in [3.8, 4) is 5.75 Å². The molecule has 2 N–H and O–H groups in total. The third-order valence-electron chi connectivity index (χ3n) is 4.24. The van der Waals surface area contributed by atoms with Crippen LogP contribution in [0.2, 0.25) is 0 Å². The summed E-state index contributed by atoms with van der Waals surface area (Å²) in [6.45, 7) is 1.16. The zero-order chi connectivity index (χ0) is 18.6. The molecule has 1 unspecified atom stereocenters. The molecule has 26 heavy (non-hydrogen) atoms. The first kappa shape index (κ1) is 18.1. The minimum absolute atomic E-state index is 0.161. The second-order valence-electron chi connectivity index (χ2n) is 6.25. The van der Waals surface area contributed by atoms with Crippen molar-refractivity contribution in [1.29, 1.82) is 0 Å². The molecule has 0 aliphatic carbocycles. The van der Waals surface area contributed by atoms with Crippen molar-refractivity contribution in [2.24, 2.45) is 5.92 Å². The first-order valence-electron chi connectivity index (χ1n) is 8.30. The highest BCUT2D eigenvalue weighted by molar-refractivity contribution is 5.73. The molecule has 1 aliphatic heterocycles. The van der Waals surface area contributed by atoms with Gasteiger partial charge in [0.1, 0.15) is 5.75 Å². The van der Waals surface area contributed by atoms with E-state index in [-0.39, 0.29) is 18.5 Å². The molecule has 2 aromatic rings. The zero-order valence-corrected chi connectivity index (χ0v) is 14.0. The summed E-state index contributed by atoms with van der Waals surface area (Å²) < 4.78 is 43.2. The topological polar surface area (TPSA) is 50.4 Å². The molecule has 0 spiro atoms. The van der Waals surface area contributed by atoms with Crippen LogP contribution in [-0.4, -0.2) is 19.2 Å². The molecular formula is C19H19F3N2O2. The molecule has 0 radical (unpaired) electrons. The first-order chi connectivity index (χ1) is 12.4. The molecule has 0 saturated heterocycles. The number of benzene rings is 2. The predicted molar refractivity (Wildman–Crippen MR) is 90.8 cm³/mol. The maximum absolute atomic E-state index is 12.5. The van der Waals surface area contributed by atoms with Crippen molar-refractivity contribution in [3.05, 3.63) is 65.2 Å². The van der Waals surface area contributed by atoms with Gasteiger partial charge in [-0.05, 0) is 35.7 Å². The number of carbonyl (C=O) groups excluding carboxylic acids is 1. The summed E-state index contributed by atoms with van der Waals surface area (Å²) in [5, 5.41) is 5.42. The highest BCUT2D eigenvalue weighted by atomic mass is 19.4. The van der Waals surface area contributed by atoms with E-state index in [0.717, 1.165) is 29.9 Å². The van der Waals surface area contributed by atoms with Crippen molar-refractivity contribution < 1.29 is 22.7 Å². The Bertz CT molecular complexity index is 760. The fourth-order valence-electron chi connectivity index (χ4n) is 2.82. The summed E-state index contributed by atoms with van der Waals surface area (Å²) in [4.78, 5) is 11.9. The van der Waals surface area contributed by atoms with Gasteiger partial charge in [-0.1, -0.05) is 30.3 Å². The molecule has 1 atom stereocenters. The Morgan fingerprint density at radius 1 is 1.08 bits per heavy atom. The van der Waals surface area contributed by atoms with E-state index in [0.29, 0.717) is 18.7 Å². The van der Waals surface area contributed by atoms with Crippen molar-refractivity contribution >= 4 is 6.03 Å². The highest BCUT2D eigenvalue weighted by Gasteiger charge is 2.29. The van der Waals surface area contributed by atoms with Crippen LogP contribution in [-0.2, 0) is 19.1 Å². The number of urea groups is 1. The quantitative estimate of drug-likeness (QED) is 0.868. The second kappa shape index (κ2) is 7.68. The summed E-state index contributed by atoms with van der Waals surface area (Å²) in [5.74, 6) is 1.07. The Morgan fingerprint density at radius 3 is 2.54 bits per heavy atom. The fraction of sp³-hybridized carbons (Fsp3) is 0.316. The Labute approximate surface area is 149 Å². The SMILES string of the molecule is O=C(NCc1ccc(C(F)(F)F)cc1)NCC1COc2ccccc2C1. The normalized spacial score (nSPS) is 16.3. The van der Waals surface area contributed by atoms with Gasteiger partial charge in [0.15, 0.2) is 0 Å². The van der Waals surface area contributed by atoms with Gasteiger partial charge >= 0.3 is 12.2 Å². The van der Waals surface area contributed by atoms with Crippen LogP contribution in [0.15, 0.2) is 48.5 Å². The minimum Gasteiger partial charge on any atom is -0.493 e. The standard InChI is InChI=1S/C19H19F3N2O2/c20-19(21,22)16-7-5-13(6-8-16)10-23-18(25)24-11-14-9-15-3-1-2-4-17(15)26-12-14/h1-8,14H,9-12H2,(H2,23,24,25). The van der Waals surface area contributed by atoms with E-state index in [2.05, 4.69) is 10.6 Å². The Balaban J connectivity index is 1.42. The number of ether oxygens (including phenoxy) is 1. The molecule has 1 heterocycles. The van der Waals surface area contributed by atoms with Crippen LogP contribution in [0.5, 0.6) is 5.75 Å². The summed E-state index contributed by atoms with van der Waals surface area (Å²) in [5.41, 5.74) is 1.02. The van der Waals surface area contributed by atoms with Gasteiger partial charge in [0.05, 0.1) is 12.2 Å². The largest absolute Gasteiger partial charge is 0.493 e. The Hall–Kier alpha value is -2.70. The number of nitrogens with one attached hydrogen (secondary N) is 2.